The second kappa shape index (κ2) is 14.0. The van der Waals surface area contributed by atoms with Crippen molar-refractivity contribution in [2.24, 2.45) is 23.7 Å². The summed E-state index contributed by atoms with van der Waals surface area (Å²) in [6.45, 7) is 5.05. The van der Waals surface area contributed by atoms with Gasteiger partial charge in [-0.3, -0.25) is 4.79 Å². The van der Waals surface area contributed by atoms with Crippen LogP contribution in [0.25, 0.3) is 0 Å². The number of hydrogen-bond donors (Lipinski definition) is 1. The maximum Gasteiger partial charge on any atom is 0.409 e. The Kier molecular flexibility index (Phi) is 10.3. The fourth-order valence-electron chi connectivity index (χ4n) is 6.29. The predicted molar refractivity (Wildman–Crippen MR) is 172 cm³/mol. The second-order valence-electron chi connectivity index (χ2n) is 12.3. The van der Waals surface area contributed by atoms with E-state index < -0.39 is 27.9 Å². The Morgan fingerprint density at radius 1 is 1.13 bits per heavy atom. The Hall–Kier alpha value is -3.28. The summed E-state index contributed by atoms with van der Waals surface area (Å²) >= 11 is 6.29. The SMILES string of the molecule is COC(=O)N(C)[C@H]1/C=C/C[C@H](C)[C@@H](C)C(=O)NS(=O)(=O)c2ccc3c(c2)N(COCCc2cc(Cl)ccc2CO3)C[C@@H]2CC[C@H]21. The van der Waals surface area contributed by atoms with Crippen molar-refractivity contribution in [1.29, 1.82) is 0 Å². The molecule has 2 aliphatic heterocycles. The van der Waals surface area contributed by atoms with Crippen LogP contribution in [0.4, 0.5) is 10.5 Å². The maximum atomic E-state index is 13.5. The first-order valence-electron chi connectivity index (χ1n) is 15.4. The van der Waals surface area contributed by atoms with Crippen LogP contribution in [-0.4, -0.2) is 65.4 Å². The molecule has 0 saturated heterocycles. The maximum absolute atomic E-state index is 13.5. The zero-order valence-electron chi connectivity index (χ0n) is 26.2. The fraction of sp³-hybridized carbons (Fsp3) is 0.515. The summed E-state index contributed by atoms with van der Waals surface area (Å²) in [5.41, 5.74) is 2.53. The zero-order chi connectivity index (χ0) is 32.3. The van der Waals surface area contributed by atoms with Crippen molar-refractivity contribution >= 4 is 39.3 Å². The molecule has 0 radical (unpaired) electrons. The van der Waals surface area contributed by atoms with Crippen molar-refractivity contribution in [3.05, 3.63) is 64.7 Å². The molecule has 12 heteroatoms. The Morgan fingerprint density at radius 3 is 2.67 bits per heavy atom. The molecule has 0 unspecified atom stereocenters. The van der Waals surface area contributed by atoms with E-state index in [1.165, 1.54) is 13.2 Å². The average Bonchev–Trinajstić information content (AvgIpc) is 3.03. The minimum absolute atomic E-state index is 0.0365. The van der Waals surface area contributed by atoms with Gasteiger partial charge < -0.3 is 24.0 Å². The fourth-order valence-corrected chi connectivity index (χ4v) is 7.57. The number of carbonyl (C=O) groups is 2. The smallest absolute Gasteiger partial charge is 0.409 e. The molecule has 3 aliphatic rings. The Balaban J connectivity index is 1.57. The Morgan fingerprint density at radius 2 is 1.93 bits per heavy atom. The standard InChI is InChI=1S/C33H42ClN3O7S/c1-21-6-5-7-29(36(3)33(39)42-4)28-12-9-24(28)18-37-20-43-15-14-23-16-26(34)10-8-25(23)19-44-31-13-11-27(17-30(31)37)45(40,41)35-32(38)22(21)2/h5,7-8,10-11,13,16-17,21-22,24,28-29H,6,9,12,14-15,18-20H2,1-4H3,(H,35,38)/b7-5+/t21-,22+,24-,28+,29-/m0/s1. The monoisotopic (exact) mass is 659 g/mol. The van der Waals surface area contributed by atoms with Gasteiger partial charge in [0, 0.05) is 24.5 Å². The number of anilines is 1. The number of fused-ring (bicyclic) bond motifs is 3. The van der Waals surface area contributed by atoms with Gasteiger partial charge in [0.1, 0.15) is 19.1 Å². The van der Waals surface area contributed by atoms with E-state index in [1.54, 1.807) is 31.0 Å². The lowest BCUT2D eigenvalue weighted by atomic mass is 9.68. The van der Waals surface area contributed by atoms with Crippen molar-refractivity contribution in [1.82, 2.24) is 9.62 Å². The van der Waals surface area contributed by atoms with E-state index in [9.17, 15) is 18.0 Å². The van der Waals surface area contributed by atoms with Crippen molar-refractivity contribution in [2.45, 2.75) is 57.1 Å². The van der Waals surface area contributed by atoms with Crippen LogP contribution in [-0.2, 0) is 37.3 Å². The van der Waals surface area contributed by atoms with Crippen molar-refractivity contribution in [3.8, 4) is 5.75 Å². The van der Waals surface area contributed by atoms with E-state index in [0.717, 1.165) is 24.0 Å². The molecule has 2 aromatic carbocycles. The first-order valence-corrected chi connectivity index (χ1v) is 17.3. The van der Waals surface area contributed by atoms with Crippen LogP contribution in [0.5, 0.6) is 5.75 Å². The number of carbonyl (C=O) groups excluding carboxylic acids is 2. The first-order chi connectivity index (χ1) is 21.5. The highest BCUT2D eigenvalue weighted by atomic mass is 35.5. The summed E-state index contributed by atoms with van der Waals surface area (Å²) in [7, 11) is -1.05. The molecule has 5 atom stereocenters. The highest BCUT2D eigenvalue weighted by Crippen LogP contribution is 2.42. The minimum atomic E-state index is -4.17. The number of nitrogens with zero attached hydrogens (tertiary/aromatic N) is 2. The number of likely N-dealkylation sites (N-methyl/N-ethyl adjacent to an activating group) is 1. The van der Waals surface area contributed by atoms with Gasteiger partial charge in [-0.1, -0.05) is 43.7 Å². The van der Waals surface area contributed by atoms with Gasteiger partial charge in [-0.2, -0.15) is 0 Å². The lowest BCUT2D eigenvalue weighted by molar-refractivity contribution is -0.124. The van der Waals surface area contributed by atoms with Crippen LogP contribution in [0, 0.1) is 23.7 Å². The Labute approximate surface area is 270 Å². The summed E-state index contributed by atoms with van der Waals surface area (Å²) in [4.78, 5) is 29.4. The largest absolute Gasteiger partial charge is 0.487 e. The van der Waals surface area contributed by atoms with Crippen LogP contribution < -0.4 is 14.4 Å². The lowest BCUT2D eigenvalue weighted by Gasteiger charge is -2.46. The quantitative estimate of drug-likeness (QED) is 0.406. The molecule has 10 nitrogen and oxygen atoms in total. The highest BCUT2D eigenvalue weighted by molar-refractivity contribution is 7.90. The van der Waals surface area contributed by atoms with Crippen molar-refractivity contribution in [3.63, 3.8) is 0 Å². The molecule has 1 aliphatic carbocycles. The van der Waals surface area contributed by atoms with Crippen LogP contribution in [0.1, 0.15) is 44.2 Å². The van der Waals surface area contributed by atoms with Gasteiger partial charge in [0.25, 0.3) is 10.0 Å². The minimum Gasteiger partial charge on any atom is -0.487 e. The van der Waals surface area contributed by atoms with E-state index in [0.29, 0.717) is 42.5 Å². The number of ether oxygens (including phenoxy) is 3. The molecule has 2 heterocycles. The van der Waals surface area contributed by atoms with Crippen molar-refractivity contribution in [2.75, 3.05) is 38.9 Å². The molecule has 2 amide bonds. The molecule has 0 spiro atoms. The molecule has 2 aromatic rings. The molecule has 1 fully saturated rings. The number of allylic oxidation sites excluding steroid dienone is 1. The van der Waals surface area contributed by atoms with Gasteiger partial charge in [-0.05, 0) is 84.9 Å². The zero-order valence-corrected chi connectivity index (χ0v) is 27.8. The molecular weight excluding hydrogens is 618 g/mol. The summed E-state index contributed by atoms with van der Waals surface area (Å²) in [6, 6.07) is 10.1. The molecule has 0 aromatic heterocycles. The van der Waals surface area contributed by atoms with E-state index in [4.69, 9.17) is 25.8 Å². The summed E-state index contributed by atoms with van der Waals surface area (Å²) in [6.07, 6.45) is 6.62. The summed E-state index contributed by atoms with van der Waals surface area (Å²) in [5.74, 6) is -0.490. The van der Waals surface area contributed by atoms with E-state index in [2.05, 4.69) is 4.72 Å². The van der Waals surface area contributed by atoms with Gasteiger partial charge in [0.05, 0.1) is 30.3 Å². The number of nitrogens with one attached hydrogen (secondary N) is 1. The molecule has 244 valence electrons. The number of benzene rings is 2. The van der Waals surface area contributed by atoms with Gasteiger partial charge in [-0.15, -0.1) is 0 Å². The van der Waals surface area contributed by atoms with Gasteiger partial charge >= 0.3 is 6.09 Å². The number of hydrogen-bond acceptors (Lipinski definition) is 8. The highest BCUT2D eigenvalue weighted by Gasteiger charge is 2.40. The van der Waals surface area contributed by atoms with Gasteiger partial charge in [0.15, 0.2) is 0 Å². The van der Waals surface area contributed by atoms with Gasteiger partial charge in [0.2, 0.25) is 5.91 Å². The van der Waals surface area contributed by atoms with E-state index in [1.807, 2.05) is 42.2 Å². The third kappa shape index (κ3) is 7.42. The number of sulfonamides is 1. The van der Waals surface area contributed by atoms with E-state index >= 15 is 0 Å². The number of amides is 2. The number of methoxy groups -OCH3 is 1. The summed E-state index contributed by atoms with van der Waals surface area (Å²) < 4.78 is 46.9. The lowest BCUT2D eigenvalue weighted by Crippen LogP contribution is -2.50. The molecular formula is C33H42ClN3O7S. The molecule has 45 heavy (non-hydrogen) atoms. The third-order valence-corrected chi connectivity index (χ3v) is 11.1. The molecule has 1 N–H and O–H groups in total. The molecule has 5 rings (SSSR count). The van der Waals surface area contributed by atoms with Crippen LogP contribution in [0.3, 0.4) is 0 Å². The number of halogens is 1. The summed E-state index contributed by atoms with van der Waals surface area (Å²) in [5, 5.41) is 0.631. The van der Waals surface area contributed by atoms with Crippen molar-refractivity contribution < 1.29 is 32.2 Å². The number of rotatable bonds is 1. The van der Waals surface area contributed by atoms with Gasteiger partial charge in [-0.25, -0.2) is 17.9 Å². The van der Waals surface area contributed by atoms with E-state index in [-0.39, 0.29) is 42.0 Å². The third-order valence-electron chi connectivity index (χ3n) is 9.52. The topological polar surface area (TPSA) is 114 Å². The second-order valence-corrected chi connectivity index (χ2v) is 14.4. The first kappa shape index (κ1) is 33.1. The van der Waals surface area contributed by atoms with Crippen LogP contribution >= 0.6 is 11.6 Å². The Bertz CT molecular complexity index is 1550. The predicted octanol–water partition coefficient (Wildman–Crippen LogP) is 5.39. The average molecular weight is 660 g/mol. The van der Waals surface area contributed by atoms with Crippen LogP contribution in [0.15, 0.2) is 53.4 Å². The normalized spacial score (nSPS) is 27.6. The molecule has 2 bridgehead atoms. The van der Waals surface area contributed by atoms with Crippen LogP contribution in [0.2, 0.25) is 5.02 Å². The molecule has 1 saturated carbocycles.